The van der Waals surface area contributed by atoms with Crippen LogP contribution >= 0.6 is 0 Å². The summed E-state index contributed by atoms with van der Waals surface area (Å²) in [6.07, 6.45) is 1.64. The Hall–Kier alpha value is -4.36. The van der Waals surface area contributed by atoms with Crippen molar-refractivity contribution in [2.75, 3.05) is 36.0 Å². The van der Waals surface area contributed by atoms with Crippen molar-refractivity contribution in [3.63, 3.8) is 0 Å². The van der Waals surface area contributed by atoms with Gasteiger partial charge in [0, 0.05) is 43.7 Å². The van der Waals surface area contributed by atoms with Crippen molar-refractivity contribution in [2.24, 2.45) is 4.99 Å². The number of halogens is 3. The Labute approximate surface area is 206 Å². The molecule has 37 heavy (non-hydrogen) atoms. The van der Waals surface area contributed by atoms with Crippen molar-refractivity contribution in [3.8, 4) is 5.88 Å². The first-order chi connectivity index (χ1) is 17.7. The first-order valence-electron chi connectivity index (χ1n) is 11.7. The number of anilines is 2. The molecular formula is C23H22F3N9O2. The molecule has 1 aliphatic carbocycles. The van der Waals surface area contributed by atoms with Gasteiger partial charge >= 0.3 is 11.9 Å². The highest BCUT2D eigenvalue weighted by Gasteiger charge is 2.31. The minimum Gasteiger partial charge on any atom is -0.493 e. The molecule has 0 bridgehead atoms. The smallest absolute Gasteiger partial charge is 0.417 e. The van der Waals surface area contributed by atoms with Gasteiger partial charge in [-0.15, -0.1) is 0 Å². The van der Waals surface area contributed by atoms with E-state index in [1.807, 2.05) is 11.0 Å². The van der Waals surface area contributed by atoms with Gasteiger partial charge < -0.3 is 19.9 Å². The Bertz CT molecular complexity index is 1630. The Balaban J connectivity index is 1.31. The lowest BCUT2D eigenvalue weighted by Crippen LogP contribution is -2.47. The monoisotopic (exact) mass is 513 g/mol. The van der Waals surface area contributed by atoms with Gasteiger partial charge in [-0.2, -0.15) is 22.8 Å². The number of pyridine rings is 1. The van der Waals surface area contributed by atoms with Crippen molar-refractivity contribution < 1.29 is 18.3 Å². The first kappa shape index (κ1) is 23.1. The van der Waals surface area contributed by atoms with Gasteiger partial charge in [0.05, 0.1) is 17.8 Å². The van der Waals surface area contributed by atoms with E-state index in [2.05, 4.69) is 25.0 Å². The highest BCUT2D eigenvalue weighted by Crippen LogP contribution is 2.29. The molecule has 1 saturated carbocycles. The van der Waals surface area contributed by atoms with Gasteiger partial charge in [-0.05, 0) is 31.1 Å². The molecule has 2 aliphatic rings. The fourth-order valence-electron chi connectivity index (χ4n) is 4.25. The summed E-state index contributed by atoms with van der Waals surface area (Å²) in [5.74, 6) is 0.902. The lowest BCUT2D eigenvalue weighted by Gasteiger charge is -2.36. The Morgan fingerprint density at radius 2 is 1.78 bits per heavy atom. The van der Waals surface area contributed by atoms with Crippen molar-refractivity contribution in [3.05, 3.63) is 63.0 Å². The summed E-state index contributed by atoms with van der Waals surface area (Å²) in [6, 6.07) is 4.56. The predicted octanol–water partition coefficient (Wildman–Crippen LogP) is 0.803. The summed E-state index contributed by atoms with van der Waals surface area (Å²) >= 11 is 0. The molecule has 3 N–H and O–H groups in total. The second-order valence-corrected chi connectivity index (χ2v) is 9.03. The second kappa shape index (κ2) is 8.64. The number of alkyl halides is 3. The minimum absolute atomic E-state index is 0.213. The van der Waals surface area contributed by atoms with Gasteiger partial charge in [-0.25, -0.2) is 14.8 Å². The summed E-state index contributed by atoms with van der Waals surface area (Å²) in [5.41, 5.74) is 0.0832. The van der Waals surface area contributed by atoms with Crippen LogP contribution in [0.3, 0.4) is 0 Å². The summed E-state index contributed by atoms with van der Waals surface area (Å²) in [5, 5.41) is 15.0. The van der Waals surface area contributed by atoms with Gasteiger partial charge in [-0.1, -0.05) is 0 Å². The maximum atomic E-state index is 12.9. The molecule has 14 heteroatoms. The predicted molar refractivity (Wildman–Crippen MR) is 127 cm³/mol. The van der Waals surface area contributed by atoms with Crippen LogP contribution in [0.15, 0.2) is 40.4 Å². The molecule has 6 rings (SSSR count). The van der Waals surface area contributed by atoms with Crippen molar-refractivity contribution in [1.82, 2.24) is 29.5 Å². The molecule has 4 aromatic rings. The van der Waals surface area contributed by atoms with Crippen LogP contribution in [-0.2, 0) is 6.18 Å². The van der Waals surface area contributed by atoms with E-state index in [0.717, 1.165) is 25.1 Å². The number of nitrogens with one attached hydrogen (secondary N) is 2. The van der Waals surface area contributed by atoms with Crippen LogP contribution in [-0.4, -0.2) is 66.9 Å². The third-order valence-corrected chi connectivity index (χ3v) is 6.37. The second-order valence-electron chi connectivity index (χ2n) is 9.03. The van der Waals surface area contributed by atoms with E-state index in [9.17, 15) is 23.1 Å². The standard InChI is InChI=1S/C23H22F3N9O2/c24-23(25,26)14-1-4-17(27-12-14)33-5-7-34(8-6-33)18-10-19(29-15-2-3-15)35-20(31-18)13(11-28-35)9-16-21(36)32-22(37)30-16/h1,4,9-12,15,36H,2-3,5-8H2,(H2,30,32,37). The molecule has 0 unspecified atom stereocenters. The third-order valence-electron chi connectivity index (χ3n) is 6.37. The fourth-order valence-corrected chi connectivity index (χ4v) is 4.25. The SMILES string of the molecule is O=c1[nH]c(O)c(C=c2cnn3c(=NC4CC4)cc(N4CCN(c5ccc(C(F)(F)F)cn5)CC4)nc23)[nH]1. The lowest BCUT2D eigenvalue weighted by atomic mass is 10.2. The van der Waals surface area contributed by atoms with Gasteiger partial charge in [-0.3, -0.25) is 9.98 Å². The highest BCUT2D eigenvalue weighted by molar-refractivity contribution is 5.58. The number of rotatable bonds is 4. The number of hydrogen-bond donors (Lipinski definition) is 3. The van der Waals surface area contributed by atoms with Gasteiger partial charge in [0.25, 0.3) is 0 Å². The zero-order valence-corrected chi connectivity index (χ0v) is 19.4. The molecule has 0 amide bonds. The molecule has 4 aromatic heterocycles. The maximum Gasteiger partial charge on any atom is 0.417 e. The normalized spacial score (nSPS) is 17.8. The van der Waals surface area contributed by atoms with Crippen LogP contribution in [0.4, 0.5) is 24.8 Å². The molecule has 0 spiro atoms. The quantitative estimate of drug-likeness (QED) is 0.368. The fraction of sp³-hybridized carbons (Fsp3) is 0.348. The number of aromatic amines is 2. The summed E-state index contributed by atoms with van der Waals surface area (Å²) in [4.78, 5) is 33.9. The van der Waals surface area contributed by atoms with E-state index in [1.54, 1.807) is 16.8 Å². The van der Waals surface area contributed by atoms with E-state index < -0.39 is 17.4 Å². The number of hydrogen-bond acceptors (Lipinski definition) is 8. The molecule has 2 fully saturated rings. The first-order valence-corrected chi connectivity index (χ1v) is 11.7. The largest absolute Gasteiger partial charge is 0.493 e. The van der Waals surface area contributed by atoms with E-state index in [4.69, 9.17) is 9.98 Å². The molecule has 1 aliphatic heterocycles. The average molecular weight is 513 g/mol. The van der Waals surface area contributed by atoms with Crippen molar-refractivity contribution >= 4 is 23.4 Å². The third kappa shape index (κ3) is 4.61. The lowest BCUT2D eigenvalue weighted by molar-refractivity contribution is -0.137. The number of fused-ring (bicyclic) bond motifs is 1. The average Bonchev–Trinajstić information content (AvgIpc) is 3.51. The number of nitrogens with zero attached hydrogens (tertiary/aromatic N) is 7. The Kier molecular flexibility index (Phi) is 5.38. The van der Waals surface area contributed by atoms with E-state index in [1.165, 1.54) is 6.07 Å². The molecular weight excluding hydrogens is 491 g/mol. The molecule has 0 atom stereocenters. The zero-order valence-electron chi connectivity index (χ0n) is 19.4. The van der Waals surface area contributed by atoms with Crippen LogP contribution < -0.4 is 26.2 Å². The highest BCUT2D eigenvalue weighted by atomic mass is 19.4. The molecule has 192 valence electrons. The van der Waals surface area contributed by atoms with Crippen LogP contribution in [0.1, 0.15) is 24.1 Å². The molecule has 0 aromatic carbocycles. The van der Waals surface area contributed by atoms with E-state index >= 15 is 0 Å². The van der Waals surface area contributed by atoms with Crippen LogP contribution in [0, 0.1) is 0 Å². The number of aromatic hydroxyl groups is 1. The number of imidazole rings is 1. The zero-order chi connectivity index (χ0) is 25.7. The van der Waals surface area contributed by atoms with Crippen LogP contribution in [0.25, 0.3) is 11.7 Å². The topological polar surface area (TPSA) is 131 Å². The summed E-state index contributed by atoms with van der Waals surface area (Å²) in [6.45, 7) is 2.26. The van der Waals surface area contributed by atoms with Crippen molar-refractivity contribution in [1.29, 1.82) is 0 Å². The summed E-state index contributed by atoms with van der Waals surface area (Å²) < 4.78 is 40.2. The maximum absolute atomic E-state index is 12.9. The minimum atomic E-state index is -4.42. The molecule has 11 nitrogen and oxygen atoms in total. The molecule has 0 radical (unpaired) electrons. The van der Waals surface area contributed by atoms with Gasteiger partial charge in [0.1, 0.15) is 17.3 Å². The molecule has 1 saturated heterocycles. The number of H-pyrrole nitrogens is 2. The van der Waals surface area contributed by atoms with Crippen LogP contribution in [0.5, 0.6) is 5.88 Å². The van der Waals surface area contributed by atoms with Crippen molar-refractivity contribution in [2.45, 2.75) is 25.1 Å². The number of aromatic nitrogens is 6. The number of piperazine rings is 1. The van der Waals surface area contributed by atoms with Gasteiger partial charge in [0.2, 0.25) is 5.88 Å². The van der Waals surface area contributed by atoms with E-state index in [-0.39, 0.29) is 17.6 Å². The van der Waals surface area contributed by atoms with E-state index in [0.29, 0.717) is 54.2 Å². The Morgan fingerprint density at radius 1 is 1.05 bits per heavy atom. The Morgan fingerprint density at radius 3 is 2.38 bits per heavy atom. The molecule has 5 heterocycles. The van der Waals surface area contributed by atoms with Crippen LogP contribution in [0.2, 0.25) is 0 Å². The summed E-state index contributed by atoms with van der Waals surface area (Å²) in [7, 11) is 0. The van der Waals surface area contributed by atoms with Gasteiger partial charge in [0.15, 0.2) is 11.1 Å².